The summed E-state index contributed by atoms with van der Waals surface area (Å²) in [6.07, 6.45) is 3.64. The van der Waals surface area contributed by atoms with E-state index in [2.05, 4.69) is 5.16 Å². The van der Waals surface area contributed by atoms with Crippen molar-refractivity contribution in [3.63, 3.8) is 0 Å². The van der Waals surface area contributed by atoms with E-state index in [1.54, 1.807) is 9.80 Å². The molecule has 1 aromatic heterocycles. The number of aromatic nitrogens is 1. The average molecular weight is 334 g/mol. The summed E-state index contributed by atoms with van der Waals surface area (Å²) in [5.41, 5.74) is 6.66. The van der Waals surface area contributed by atoms with Crippen molar-refractivity contribution in [2.24, 2.45) is 11.7 Å². The first kappa shape index (κ1) is 16.5. The van der Waals surface area contributed by atoms with Gasteiger partial charge in [-0.3, -0.25) is 14.4 Å². The predicted molar refractivity (Wildman–Crippen MR) is 84.0 cm³/mol. The highest BCUT2D eigenvalue weighted by atomic mass is 16.5. The van der Waals surface area contributed by atoms with Crippen LogP contribution in [0.4, 0.5) is 0 Å². The molecule has 0 spiro atoms. The quantitative estimate of drug-likeness (QED) is 0.816. The Balaban J connectivity index is 1.82. The molecule has 130 valence electrons. The van der Waals surface area contributed by atoms with Gasteiger partial charge in [0.2, 0.25) is 11.8 Å². The number of carbonyl (C=O) groups is 3. The second-order valence-electron chi connectivity index (χ2n) is 6.46. The molecular weight excluding hydrogens is 312 g/mol. The van der Waals surface area contributed by atoms with Crippen molar-refractivity contribution >= 4 is 17.7 Å². The Labute approximate surface area is 139 Å². The van der Waals surface area contributed by atoms with E-state index in [0.717, 1.165) is 37.0 Å². The molecule has 24 heavy (non-hydrogen) atoms. The zero-order valence-corrected chi connectivity index (χ0v) is 13.8. The standard InChI is InChI=1S/C16H22N4O4/c1-10(21)19-6-7-20(9-11(8-19)15(17)22)16(23)14-12-4-2-3-5-13(12)24-18-14/h11H,2-9H2,1H3,(H2,17,22)/t11-/m0/s1. The zero-order valence-electron chi connectivity index (χ0n) is 13.8. The Morgan fingerprint density at radius 1 is 1.12 bits per heavy atom. The first-order chi connectivity index (χ1) is 11.5. The normalized spacial score (nSPS) is 21.1. The van der Waals surface area contributed by atoms with E-state index in [-0.39, 0.29) is 24.9 Å². The van der Waals surface area contributed by atoms with Gasteiger partial charge in [-0.05, 0) is 19.3 Å². The Morgan fingerprint density at radius 2 is 1.79 bits per heavy atom. The van der Waals surface area contributed by atoms with Crippen molar-refractivity contribution in [1.82, 2.24) is 15.0 Å². The van der Waals surface area contributed by atoms with E-state index in [1.807, 2.05) is 0 Å². The fourth-order valence-electron chi connectivity index (χ4n) is 3.37. The number of nitrogens with two attached hydrogens (primary N) is 1. The first-order valence-corrected chi connectivity index (χ1v) is 8.29. The van der Waals surface area contributed by atoms with Crippen LogP contribution in [0.3, 0.4) is 0 Å². The van der Waals surface area contributed by atoms with Crippen molar-refractivity contribution < 1.29 is 18.9 Å². The Bertz CT molecular complexity index is 669. The van der Waals surface area contributed by atoms with Gasteiger partial charge in [-0.25, -0.2) is 0 Å². The summed E-state index contributed by atoms with van der Waals surface area (Å²) in [4.78, 5) is 39.3. The highest BCUT2D eigenvalue weighted by Gasteiger charge is 2.33. The average Bonchev–Trinajstić information content (AvgIpc) is 2.84. The molecule has 2 N–H and O–H groups in total. The molecule has 3 rings (SSSR count). The maximum absolute atomic E-state index is 12.9. The van der Waals surface area contributed by atoms with Crippen molar-refractivity contribution in [3.05, 3.63) is 17.0 Å². The summed E-state index contributed by atoms with van der Waals surface area (Å²) in [6, 6.07) is 0. The van der Waals surface area contributed by atoms with Crippen molar-refractivity contribution in [2.75, 3.05) is 26.2 Å². The minimum Gasteiger partial charge on any atom is -0.369 e. The Hall–Kier alpha value is -2.38. The molecule has 8 heteroatoms. The predicted octanol–water partition coefficient (Wildman–Crippen LogP) is -0.0408. The van der Waals surface area contributed by atoms with E-state index >= 15 is 0 Å². The van der Waals surface area contributed by atoms with E-state index in [0.29, 0.717) is 18.8 Å². The number of primary amides is 1. The van der Waals surface area contributed by atoms with Gasteiger partial charge in [0.15, 0.2) is 5.69 Å². The molecule has 0 unspecified atom stereocenters. The molecule has 2 heterocycles. The van der Waals surface area contributed by atoms with Crippen LogP contribution in [0.5, 0.6) is 0 Å². The zero-order chi connectivity index (χ0) is 17.3. The van der Waals surface area contributed by atoms with Gasteiger partial charge in [-0.1, -0.05) is 5.16 Å². The minimum atomic E-state index is -0.580. The van der Waals surface area contributed by atoms with Gasteiger partial charge in [0.1, 0.15) is 5.76 Å². The van der Waals surface area contributed by atoms with Crippen LogP contribution < -0.4 is 5.73 Å². The van der Waals surface area contributed by atoms with Gasteiger partial charge in [0.25, 0.3) is 5.91 Å². The minimum absolute atomic E-state index is 0.130. The number of hydrogen-bond donors (Lipinski definition) is 1. The van der Waals surface area contributed by atoms with Crippen molar-refractivity contribution in [2.45, 2.75) is 32.6 Å². The van der Waals surface area contributed by atoms with Crippen LogP contribution in [0.1, 0.15) is 41.6 Å². The summed E-state index contributed by atoms with van der Waals surface area (Å²) < 4.78 is 5.31. The SMILES string of the molecule is CC(=O)N1CCN(C(=O)c2noc3c2CCCC3)C[C@@H](C(N)=O)C1. The number of fused-ring (bicyclic) bond motifs is 1. The van der Waals surface area contributed by atoms with Crippen LogP contribution in [0.2, 0.25) is 0 Å². The third-order valence-corrected chi connectivity index (χ3v) is 4.81. The number of rotatable bonds is 2. The number of hydrogen-bond acceptors (Lipinski definition) is 5. The summed E-state index contributed by atoms with van der Waals surface area (Å²) in [7, 11) is 0. The molecule has 1 fully saturated rings. The summed E-state index contributed by atoms with van der Waals surface area (Å²) >= 11 is 0. The van der Waals surface area contributed by atoms with Gasteiger partial charge < -0.3 is 20.1 Å². The highest BCUT2D eigenvalue weighted by molar-refractivity contribution is 5.94. The van der Waals surface area contributed by atoms with Gasteiger partial charge in [0.05, 0.1) is 5.92 Å². The molecule has 2 aliphatic rings. The van der Waals surface area contributed by atoms with Crippen LogP contribution in [0.15, 0.2) is 4.52 Å². The van der Waals surface area contributed by atoms with Crippen LogP contribution in [0.25, 0.3) is 0 Å². The van der Waals surface area contributed by atoms with E-state index in [9.17, 15) is 14.4 Å². The lowest BCUT2D eigenvalue weighted by Gasteiger charge is -2.22. The monoisotopic (exact) mass is 334 g/mol. The molecular formula is C16H22N4O4. The molecule has 1 aromatic rings. The lowest BCUT2D eigenvalue weighted by Crippen LogP contribution is -2.41. The molecule has 8 nitrogen and oxygen atoms in total. The fourth-order valence-corrected chi connectivity index (χ4v) is 3.37. The van der Waals surface area contributed by atoms with Crippen LogP contribution in [-0.4, -0.2) is 58.9 Å². The number of amides is 3. The largest absolute Gasteiger partial charge is 0.369 e. The second-order valence-corrected chi connectivity index (χ2v) is 6.46. The maximum atomic E-state index is 12.9. The topological polar surface area (TPSA) is 110 Å². The van der Waals surface area contributed by atoms with Crippen molar-refractivity contribution in [1.29, 1.82) is 0 Å². The Kier molecular flexibility index (Phi) is 4.55. The lowest BCUT2D eigenvalue weighted by atomic mass is 9.96. The van der Waals surface area contributed by atoms with Gasteiger partial charge in [-0.2, -0.15) is 0 Å². The fraction of sp³-hybridized carbons (Fsp3) is 0.625. The second kappa shape index (κ2) is 6.62. The number of nitrogens with zero attached hydrogens (tertiary/aromatic N) is 3. The van der Waals surface area contributed by atoms with E-state index in [1.165, 1.54) is 6.92 Å². The molecule has 1 aliphatic carbocycles. The summed E-state index contributed by atoms with van der Waals surface area (Å²) in [5.74, 6) is -0.685. The highest BCUT2D eigenvalue weighted by Crippen LogP contribution is 2.25. The number of aryl methyl sites for hydroxylation is 1. The van der Waals surface area contributed by atoms with Crippen molar-refractivity contribution in [3.8, 4) is 0 Å². The molecule has 0 aromatic carbocycles. The van der Waals surface area contributed by atoms with E-state index in [4.69, 9.17) is 10.3 Å². The number of carbonyl (C=O) groups excluding carboxylic acids is 3. The first-order valence-electron chi connectivity index (χ1n) is 8.29. The lowest BCUT2D eigenvalue weighted by molar-refractivity contribution is -0.130. The molecule has 1 saturated heterocycles. The summed E-state index contributed by atoms with van der Waals surface area (Å²) in [5, 5.41) is 3.96. The van der Waals surface area contributed by atoms with Gasteiger partial charge >= 0.3 is 0 Å². The van der Waals surface area contributed by atoms with Crippen LogP contribution >= 0.6 is 0 Å². The molecule has 0 radical (unpaired) electrons. The van der Waals surface area contributed by atoms with Crippen LogP contribution in [-0.2, 0) is 22.4 Å². The summed E-state index contributed by atoms with van der Waals surface area (Å²) in [6.45, 7) is 2.61. The van der Waals surface area contributed by atoms with Gasteiger partial charge in [-0.15, -0.1) is 0 Å². The maximum Gasteiger partial charge on any atom is 0.276 e. The molecule has 0 saturated carbocycles. The molecule has 3 amide bonds. The Morgan fingerprint density at radius 3 is 2.50 bits per heavy atom. The van der Waals surface area contributed by atoms with Gasteiger partial charge in [0, 0.05) is 45.1 Å². The van der Waals surface area contributed by atoms with E-state index < -0.39 is 11.8 Å². The molecule has 1 atom stereocenters. The molecule has 0 bridgehead atoms. The third-order valence-electron chi connectivity index (χ3n) is 4.81. The third kappa shape index (κ3) is 3.13. The van der Waals surface area contributed by atoms with Crippen LogP contribution in [0, 0.1) is 5.92 Å². The molecule has 1 aliphatic heterocycles. The smallest absolute Gasteiger partial charge is 0.276 e.